The summed E-state index contributed by atoms with van der Waals surface area (Å²) in [6, 6.07) is 12.2. The summed E-state index contributed by atoms with van der Waals surface area (Å²) < 4.78 is 23.9. The lowest BCUT2D eigenvalue weighted by Gasteiger charge is -2.41. The Hall–Kier alpha value is -1.72. The van der Waals surface area contributed by atoms with Gasteiger partial charge in [-0.25, -0.2) is 8.42 Å². The summed E-state index contributed by atoms with van der Waals surface area (Å²) in [7, 11) is -3.15. The third-order valence-corrected chi connectivity index (χ3v) is 8.24. The van der Waals surface area contributed by atoms with Crippen molar-refractivity contribution in [2.75, 3.05) is 18.8 Å². The van der Waals surface area contributed by atoms with Crippen LogP contribution in [0.25, 0.3) is 11.1 Å². The quantitative estimate of drug-likeness (QED) is 0.726. The predicted octanol–water partition coefficient (Wildman–Crippen LogP) is 4.35. The lowest BCUT2D eigenvalue weighted by Crippen LogP contribution is -2.45. The Morgan fingerprint density at radius 1 is 0.964 bits per heavy atom. The van der Waals surface area contributed by atoms with E-state index in [0.717, 1.165) is 35.2 Å². The molecule has 4 rings (SSSR count). The summed E-state index contributed by atoms with van der Waals surface area (Å²) in [5.74, 6) is 0.871. The summed E-state index contributed by atoms with van der Waals surface area (Å²) in [4.78, 5) is 7.77. The average molecular weight is 399 g/mol. The highest BCUT2D eigenvalue weighted by Gasteiger charge is 2.28. The van der Waals surface area contributed by atoms with E-state index >= 15 is 0 Å². The Morgan fingerprint density at radius 3 is 2.18 bits per heavy atom. The molecule has 0 spiro atoms. The maximum absolute atomic E-state index is 11.9. The highest BCUT2D eigenvalue weighted by Crippen LogP contribution is 2.30. The molecule has 1 aromatic heterocycles. The summed E-state index contributed by atoms with van der Waals surface area (Å²) in [6.45, 7) is 4.17. The van der Waals surface area contributed by atoms with Crippen molar-refractivity contribution in [1.82, 2.24) is 9.88 Å². The minimum Gasteiger partial charge on any atom is -0.300 e. The van der Waals surface area contributed by atoms with Crippen LogP contribution in [-0.2, 0) is 16.3 Å². The fourth-order valence-electron chi connectivity index (χ4n) is 4.31. The van der Waals surface area contributed by atoms with E-state index in [0.29, 0.717) is 4.90 Å². The van der Waals surface area contributed by atoms with Crippen molar-refractivity contribution in [2.24, 2.45) is 5.92 Å². The van der Waals surface area contributed by atoms with Gasteiger partial charge in [-0.05, 0) is 74.9 Å². The van der Waals surface area contributed by atoms with Crippen molar-refractivity contribution in [3.8, 4) is 11.1 Å². The van der Waals surface area contributed by atoms with E-state index in [1.54, 1.807) is 19.1 Å². The molecular weight excluding hydrogens is 368 g/mol. The zero-order chi connectivity index (χ0) is 19.6. The normalized spacial score (nSPS) is 19.5. The van der Waals surface area contributed by atoms with Gasteiger partial charge in [-0.3, -0.25) is 4.98 Å². The predicted molar refractivity (Wildman–Crippen MR) is 113 cm³/mol. The molecule has 5 heteroatoms. The van der Waals surface area contributed by atoms with Gasteiger partial charge in [0.25, 0.3) is 0 Å². The molecule has 1 saturated heterocycles. The third-order valence-electron chi connectivity index (χ3n) is 6.49. The Morgan fingerprint density at radius 2 is 1.64 bits per heavy atom. The van der Waals surface area contributed by atoms with Crippen molar-refractivity contribution in [3.63, 3.8) is 0 Å². The van der Waals surface area contributed by atoms with Crippen LogP contribution in [0.5, 0.6) is 0 Å². The topological polar surface area (TPSA) is 50.3 Å². The second-order valence-electron chi connectivity index (χ2n) is 8.23. The molecule has 0 N–H and O–H groups in total. The molecule has 1 saturated carbocycles. The maximum Gasteiger partial charge on any atom is 0.178 e. The fraction of sp³-hybridized carbons (Fsp3) is 0.522. The summed E-state index contributed by atoms with van der Waals surface area (Å²) >= 11 is 0. The number of likely N-dealkylation sites (tertiary alicyclic amines) is 1. The van der Waals surface area contributed by atoms with Crippen molar-refractivity contribution >= 4 is 9.84 Å². The standard InChI is InChI=1S/C23H30N2O2S/c1-2-28(26,27)23-10-7-19(8-11-23)20-6-9-21(24-17-20)16-18-12-14-25(15-13-18)22-4-3-5-22/h6-11,17-18,22H,2-5,12-16H2,1H3. The first-order valence-electron chi connectivity index (χ1n) is 10.6. The molecular formula is C23H30N2O2S. The van der Waals surface area contributed by atoms with E-state index in [9.17, 15) is 8.42 Å². The number of benzene rings is 1. The minimum absolute atomic E-state index is 0.127. The van der Waals surface area contributed by atoms with Gasteiger partial charge in [0.1, 0.15) is 0 Å². The van der Waals surface area contributed by atoms with Crippen LogP contribution in [0.4, 0.5) is 0 Å². The van der Waals surface area contributed by atoms with E-state index < -0.39 is 9.84 Å². The molecule has 2 aromatic rings. The molecule has 4 nitrogen and oxygen atoms in total. The zero-order valence-electron chi connectivity index (χ0n) is 16.7. The van der Waals surface area contributed by atoms with Crippen LogP contribution in [0.1, 0.15) is 44.7 Å². The van der Waals surface area contributed by atoms with E-state index in [2.05, 4.69) is 22.0 Å². The van der Waals surface area contributed by atoms with Crippen molar-refractivity contribution in [1.29, 1.82) is 0 Å². The molecule has 0 atom stereocenters. The van der Waals surface area contributed by atoms with Gasteiger partial charge in [-0.1, -0.05) is 31.5 Å². The first-order valence-corrected chi connectivity index (χ1v) is 12.2. The monoisotopic (exact) mass is 398 g/mol. The SMILES string of the molecule is CCS(=O)(=O)c1ccc(-c2ccc(CC3CCN(C4CCC4)CC3)nc2)cc1. The lowest BCUT2D eigenvalue weighted by atomic mass is 9.86. The maximum atomic E-state index is 11.9. The van der Waals surface area contributed by atoms with Crippen molar-refractivity contribution < 1.29 is 8.42 Å². The Balaban J connectivity index is 1.35. The van der Waals surface area contributed by atoms with Crippen LogP contribution in [0.2, 0.25) is 0 Å². The van der Waals surface area contributed by atoms with Crippen molar-refractivity contribution in [2.45, 2.75) is 56.4 Å². The molecule has 0 unspecified atom stereocenters. The summed E-state index contributed by atoms with van der Waals surface area (Å²) in [6.07, 6.45) is 9.77. The number of aromatic nitrogens is 1. The number of rotatable bonds is 6. The van der Waals surface area contributed by atoms with Gasteiger partial charge in [-0.2, -0.15) is 0 Å². The molecule has 0 radical (unpaired) electrons. The van der Waals surface area contributed by atoms with Gasteiger partial charge in [0.05, 0.1) is 10.6 Å². The zero-order valence-corrected chi connectivity index (χ0v) is 17.5. The molecule has 1 aliphatic carbocycles. The van der Waals surface area contributed by atoms with Crippen LogP contribution < -0.4 is 0 Å². The Labute approximate surface area is 168 Å². The Bertz CT molecular complexity index is 879. The highest BCUT2D eigenvalue weighted by molar-refractivity contribution is 7.91. The van der Waals surface area contributed by atoms with Crippen LogP contribution in [-0.4, -0.2) is 43.2 Å². The first-order chi connectivity index (χ1) is 13.5. The number of hydrogen-bond donors (Lipinski definition) is 0. The molecule has 0 bridgehead atoms. The van der Waals surface area contributed by atoms with Gasteiger partial charge < -0.3 is 4.90 Å². The molecule has 2 fully saturated rings. The number of sulfone groups is 1. The summed E-state index contributed by atoms with van der Waals surface area (Å²) in [5.41, 5.74) is 3.20. The molecule has 2 aliphatic rings. The average Bonchev–Trinajstić information content (AvgIpc) is 2.69. The second kappa shape index (κ2) is 8.34. The molecule has 1 aliphatic heterocycles. The minimum atomic E-state index is -3.15. The molecule has 28 heavy (non-hydrogen) atoms. The molecule has 0 amide bonds. The van der Waals surface area contributed by atoms with E-state index in [4.69, 9.17) is 0 Å². The van der Waals surface area contributed by atoms with E-state index in [1.165, 1.54) is 45.2 Å². The number of piperidine rings is 1. The molecule has 150 valence electrons. The number of hydrogen-bond acceptors (Lipinski definition) is 4. The smallest absolute Gasteiger partial charge is 0.178 e. The number of pyridine rings is 1. The number of nitrogens with zero attached hydrogens (tertiary/aromatic N) is 2. The van der Waals surface area contributed by atoms with Gasteiger partial charge in [0, 0.05) is 23.5 Å². The molecule has 2 heterocycles. The largest absolute Gasteiger partial charge is 0.300 e. The summed E-state index contributed by atoms with van der Waals surface area (Å²) in [5, 5.41) is 0. The van der Waals surface area contributed by atoms with Crippen LogP contribution in [0.3, 0.4) is 0 Å². The van der Waals surface area contributed by atoms with Crippen LogP contribution in [0, 0.1) is 5.92 Å². The Kier molecular flexibility index (Phi) is 5.83. The van der Waals surface area contributed by atoms with Crippen LogP contribution >= 0.6 is 0 Å². The van der Waals surface area contributed by atoms with E-state index in [1.807, 2.05) is 18.3 Å². The third kappa shape index (κ3) is 4.31. The highest BCUT2D eigenvalue weighted by atomic mass is 32.2. The van der Waals surface area contributed by atoms with Crippen LogP contribution in [0.15, 0.2) is 47.5 Å². The molecule has 1 aromatic carbocycles. The van der Waals surface area contributed by atoms with Gasteiger partial charge in [0.15, 0.2) is 9.84 Å². The lowest BCUT2D eigenvalue weighted by molar-refractivity contribution is 0.0845. The van der Waals surface area contributed by atoms with Gasteiger partial charge in [-0.15, -0.1) is 0 Å². The van der Waals surface area contributed by atoms with Gasteiger partial charge >= 0.3 is 0 Å². The first kappa shape index (κ1) is 19.6. The van der Waals surface area contributed by atoms with Crippen molar-refractivity contribution in [3.05, 3.63) is 48.3 Å². The fourth-order valence-corrected chi connectivity index (χ4v) is 5.19. The van der Waals surface area contributed by atoms with E-state index in [-0.39, 0.29) is 5.75 Å². The second-order valence-corrected chi connectivity index (χ2v) is 10.5. The van der Waals surface area contributed by atoms with Gasteiger partial charge in [0.2, 0.25) is 0 Å².